The van der Waals surface area contributed by atoms with Crippen molar-refractivity contribution < 1.29 is 9.53 Å². The first-order chi connectivity index (χ1) is 9.17. The Morgan fingerprint density at radius 3 is 2.74 bits per heavy atom. The highest BCUT2D eigenvalue weighted by Gasteiger charge is 2.06. The minimum Gasteiger partial charge on any atom is -0.497 e. The molecular weight excluding hydrogens is 328 g/mol. The molecule has 2 rings (SSSR count). The number of hydrogen-bond acceptors (Lipinski definition) is 4. The van der Waals surface area contributed by atoms with Gasteiger partial charge in [0.25, 0.3) is 0 Å². The number of amides is 1. The maximum absolute atomic E-state index is 11.7. The first kappa shape index (κ1) is 14.0. The summed E-state index contributed by atoms with van der Waals surface area (Å²) in [5, 5.41) is 3.39. The summed E-state index contributed by atoms with van der Waals surface area (Å²) in [6.45, 7) is 0. The van der Waals surface area contributed by atoms with Crippen LogP contribution in [-0.2, 0) is 11.2 Å². The first-order valence-electron chi connectivity index (χ1n) is 5.71. The number of rotatable bonds is 5. The molecule has 0 aliphatic rings. The van der Waals surface area contributed by atoms with E-state index in [0.29, 0.717) is 18.0 Å². The molecule has 100 valence electrons. The van der Waals surface area contributed by atoms with Gasteiger partial charge in [0.2, 0.25) is 5.91 Å². The highest BCUT2D eigenvalue weighted by atomic mass is 79.9. The molecule has 1 heterocycles. The number of nitrogens with zero attached hydrogens (tertiary/aromatic N) is 1. The van der Waals surface area contributed by atoms with Crippen molar-refractivity contribution in [2.45, 2.75) is 12.8 Å². The Labute approximate surface area is 124 Å². The number of aryl methyl sites for hydroxylation is 1. The number of ether oxygens (including phenoxy) is 1. The summed E-state index contributed by atoms with van der Waals surface area (Å²) in [5.41, 5.74) is 1.11. The van der Waals surface area contributed by atoms with Gasteiger partial charge in [-0.25, -0.2) is 4.98 Å². The molecule has 4 nitrogen and oxygen atoms in total. The van der Waals surface area contributed by atoms with Gasteiger partial charge in [-0.1, -0.05) is 23.5 Å². The van der Waals surface area contributed by atoms with E-state index in [4.69, 9.17) is 4.74 Å². The predicted octanol–water partition coefficient (Wildman–Crippen LogP) is 3.49. The molecule has 1 aromatic carbocycles. The fourth-order valence-corrected chi connectivity index (χ4v) is 2.67. The summed E-state index contributed by atoms with van der Waals surface area (Å²) in [5.74, 6) is 0.790. The summed E-state index contributed by atoms with van der Waals surface area (Å²) >= 11 is 4.70. The maximum Gasteiger partial charge on any atom is 0.226 e. The fourth-order valence-electron chi connectivity index (χ4n) is 1.54. The van der Waals surface area contributed by atoms with E-state index in [1.807, 2.05) is 24.3 Å². The Morgan fingerprint density at radius 1 is 1.42 bits per heavy atom. The smallest absolute Gasteiger partial charge is 0.226 e. The Balaban J connectivity index is 1.82. The predicted molar refractivity (Wildman–Crippen MR) is 79.8 cm³/mol. The fraction of sp³-hybridized carbons (Fsp3) is 0.231. The van der Waals surface area contributed by atoms with E-state index in [2.05, 4.69) is 26.2 Å². The third-order valence-corrected chi connectivity index (χ3v) is 3.92. The van der Waals surface area contributed by atoms with E-state index in [1.165, 1.54) is 11.3 Å². The molecule has 0 aliphatic carbocycles. The van der Waals surface area contributed by atoms with E-state index in [9.17, 15) is 4.79 Å². The van der Waals surface area contributed by atoms with Crippen LogP contribution in [0.25, 0.3) is 0 Å². The van der Waals surface area contributed by atoms with Gasteiger partial charge >= 0.3 is 0 Å². The van der Waals surface area contributed by atoms with Crippen LogP contribution < -0.4 is 10.1 Å². The SMILES string of the molecule is COc1ccc(CCC(=O)Nc2ncc(Br)s2)cc1. The quantitative estimate of drug-likeness (QED) is 0.906. The third-order valence-electron chi connectivity index (χ3n) is 2.52. The van der Waals surface area contributed by atoms with Crippen molar-refractivity contribution in [1.82, 2.24) is 4.98 Å². The second kappa shape index (κ2) is 6.68. The summed E-state index contributed by atoms with van der Waals surface area (Å²) in [6, 6.07) is 7.72. The number of nitrogens with one attached hydrogen (secondary N) is 1. The van der Waals surface area contributed by atoms with Crippen molar-refractivity contribution in [2.75, 3.05) is 12.4 Å². The van der Waals surface area contributed by atoms with E-state index < -0.39 is 0 Å². The summed E-state index contributed by atoms with van der Waals surface area (Å²) in [7, 11) is 1.63. The Hall–Kier alpha value is -1.40. The molecular formula is C13H13BrN2O2S. The number of aromatic nitrogens is 1. The molecule has 0 saturated heterocycles. The normalized spacial score (nSPS) is 10.2. The van der Waals surface area contributed by atoms with E-state index in [0.717, 1.165) is 15.1 Å². The lowest BCUT2D eigenvalue weighted by atomic mass is 10.1. The molecule has 2 aromatic rings. The van der Waals surface area contributed by atoms with Gasteiger partial charge in [-0.05, 0) is 40.0 Å². The van der Waals surface area contributed by atoms with Crippen LogP contribution in [0.3, 0.4) is 0 Å². The number of hydrogen-bond donors (Lipinski definition) is 1. The van der Waals surface area contributed by atoms with Gasteiger partial charge in [-0.15, -0.1) is 0 Å². The zero-order valence-corrected chi connectivity index (χ0v) is 12.8. The standard InChI is InChI=1S/C13H13BrN2O2S/c1-18-10-5-2-9(3-6-10)4-7-12(17)16-13-15-8-11(14)19-13/h2-3,5-6,8H,4,7H2,1H3,(H,15,16,17). The lowest BCUT2D eigenvalue weighted by Gasteiger charge is -2.03. The van der Waals surface area contributed by atoms with Crippen LogP contribution in [0.5, 0.6) is 5.75 Å². The maximum atomic E-state index is 11.7. The van der Waals surface area contributed by atoms with Gasteiger partial charge in [-0.3, -0.25) is 4.79 Å². The molecule has 0 radical (unpaired) electrons. The molecule has 19 heavy (non-hydrogen) atoms. The number of carbonyl (C=O) groups excluding carboxylic acids is 1. The molecule has 1 aromatic heterocycles. The average Bonchev–Trinajstić information content (AvgIpc) is 2.82. The zero-order valence-electron chi connectivity index (χ0n) is 10.4. The first-order valence-corrected chi connectivity index (χ1v) is 7.32. The van der Waals surface area contributed by atoms with Crippen molar-refractivity contribution >= 4 is 38.3 Å². The van der Waals surface area contributed by atoms with Gasteiger partial charge in [0.15, 0.2) is 5.13 Å². The Morgan fingerprint density at radius 2 is 2.16 bits per heavy atom. The van der Waals surface area contributed by atoms with E-state index in [-0.39, 0.29) is 5.91 Å². The van der Waals surface area contributed by atoms with Crippen molar-refractivity contribution in [3.63, 3.8) is 0 Å². The second-order valence-electron chi connectivity index (χ2n) is 3.87. The third kappa shape index (κ3) is 4.33. The van der Waals surface area contributed by atoms with E-state index >= 15 is 0 Å². The zero-order chi connectivity index (χ0) is 13.7. The van der Waals surface area contributed by atoms with Gasteiger partial charge in [-0.2, -0.15) is 0 Å². The number of halogens is 1. The van der Waals surface area contributed by atoms with Crippen LogP contribution >= 0.6 is 27.3 Å². The summed E-state index contributed by atoms with van der Waals surface area (Å²) in [6.07, 6.45) is 2.80. The largest absolute Gasteiger partial charge is 0.497 e. The molecule has 1 amide bonds. The molecule has 0 saturated carbocycles. The van der Waals surface area contributed by atoms with Gasteiger partial charge in [0.1, 0.15) is 5.75 Å². The molecule has 0 spiro atoms. The van der Waals surface area contributed by atoms with Crippen molar-refractivity contribution in [2.24, 2.45) is 0 Å². The molecule has 0 unspecified atom stereocenters. The Kier molecular flexibility index (Phi) is 4.93. The molecule has 0 aliphatic heterocycles. The van der Waals surface area contributed by atoms with Gasteiger partial charge in [0.05, 0.1) is 17.1 Å². The molecule has 1 N–H and O–H groups in total. The lowest BCUT2D eigenvalue weighted by molar-refractivity contribution is -0.116. The number of anilines is 1. The van der Waals surface area contributed by atoms with Crippen LogP contribution in [0.2, 0.25) is 0 Å². The van der Waals surface area contributed by atoms with E-state index in [1.54, 1.807) is 13.3 Å². The van der Waals surface area contributed by atoms with Crippen LogP contribution in [0.4, 0.5) is 5.13 Å². The monoisotopic (exact) mass is 340 g/mol. The molecule has 0 fully saturated rings. The van der Waals surface area contributed by atoms with Crippen molar-refractivity contribution in [1.29, 1.82) is 0 Å². The van der Waals surface area contributed by atoms with Crippen LogP contribution in [0.1, 0.15) is 12.0 Å². The number of methoxy groups -OCH3 is 1. The average molecular weight is 341 g/mol. The highest BCUT2D eigenvalue weighted by Crippen LogP contribution is 2.23. The van der Waals surface area contributed by atoms with Crippen LogP contribution in [-0.4, -0.2) is 18.0 Å². The topological polar surface area (TPSA) is 51.2 Å². The second-order valence-corrected chi connectivity index (χ2v) is 6.28. The van der Waals surface area contributed by atoms with Crippen molar-refractivity contribution in [3.8, 4) is 5.75 Å². The van der Waals surface area contributed by atoms with Crippen LogP contribution in [0, 0.1) is 0 Å². The lowest BCUT2D eigenvalue weighted by Crippen LogP contribution is -2.11. The molecule has 6 heteroatoms. The molecule has 0 atom stereocenters. The van der Waals surface area contributed by atoms with Crippen LogP contribution in [0.15, 0.2) is 34.2 Å². The summed E-state index contributed by atoms with van der Waals surface area (Å²) in [4.78, 5) is 15.8. The minimum absolute atomic E-state index is 0.0299. The number of benzene rings is 1. The number of thiazole rings is 1. The highest BCUT2D eigenvalue weighted by molar-refractivity contribution is 9.11. The number of carbonyl (C=O) groups is 1. The van der Waals surface area contributed by atoms with Gasteiger partial charge < -0.3 is 10.1 Å². The summed E-state index contributed by atoms with van der Waals surface area (Å²) < 4.78 is 5.99. The molecule has 0 bridgehead atoms. The van der Waals surface area contributed by atoms with Crippen molar-refractivity contribution in [3.05, 3.63) is 39.8 Å². The minimum atomic E-state index is -0.0299. The Bertz CT molecular complexity index is 554. The van der Waals surface area contributed by atoms with Gasteiger partial charge in [0, 0.05) is 6.42 Å².